The fraction of sp³-hybridized carbons (Fsp3) is 0.692. The molecule has 2 unspecified atom stereocenters. The van der Waals surface area contributed by atoms with Crippen molar-refractivity contribution in [1.82, 2.24) is 0 Å². The molecule has 1 aliphatic rings. The predicted octanol–water partition coefficient (Wildman–Crippen LogP) is 1.75. The fourth-order valence-corrected chi connectivity index (χ4v) is 2.22. The Morgan fingerprint density at radius 2 is 2.14 bits per heavy atom. The van der Waals surface area contributed by atoms with Crippen LogP contribution in [0.4, 0.5) is 0 Å². The minimum Gasteiger partial charge on any atom is -0.463 e. The molecule has 21 heavy (non-hydrogen) atoms. The van der Waals surface area contributed by atoms with E-state index in [2.05, 4.69) is 10.0 Å². The predicted molar refractivity (Wildman–Crippen MR) is 73.2 cm³/mol. The van der Waals surface area contributed by atoms with Crippen molar-refractivity contribution in [3.8, 4) is 0 Å². The highest BCUT2D eigenvalue weighted by Gasteiger charge is 2.41. The summed E-state index contributed by atoms with van der Waals surface area (Å²) >= 11 is 0. The first kappa shape index (κ1) is 17.0. The summed E-state index contributed by atoms with van der Waals surface area (Å²) in [5.74, 6) is -1.25. The summed E-state index contributed by atoms with van der Waals surface area (Å²) in [5.41, 5.74) is 8.60. The summed E-state index contributed by atoms with van der Waals surface area (Å²) in [6.07, 6.45) is 2.47. The molecule has 8 nitrogen and oxygen atoms in total. The van der Waals surface area contributed by atoms with Crippen LogP contribution in [0.1, 0.15) is 20.8 Å². The molecular formula is C13H19N3O5. The number of hydrogen-bond acceptors (Lipinski definition) is 6. The highest BCUT2D eigenvalue weighted by Crippen LogP contribution is 2.28. The Labute approximate surface area is 122 Å². The highest BCUT2D eigenvalue weighted by atomic mass is 16.6. The van der Waals surface area contributed by atoms with E-state index in [1.807, 2.05) is 6.92 Å². The number of azide groups is 1. The van der Waals surface area contributed by atoms with Gasteiger partial charge >= 0.3 is 11.9 Å². The molecule has 1 aliphatic heterocycles. The van der Waals surface area contributed by atoms with Gasteiger partial charge in [-0.2, -0.15) is 0 Å². The van der Waals surface area contributed by atoms with E-state index in [-0.39, 0.29) is 19.1 Å². The summed E-state index contributed by atoms with van der Waals surface area (Å²) in [4.78, 5) is 25.0. The zero-order valence-corrected chi connectivity index (χ0v) is 12.3. The number of hydrogen-bond donors (Lipinski definition) is 0. The van der Waals surface area contributed by atoms with Crippen molar-refractivity contribution in [2.45, 2.75) is 39.0 Å². The van der Waals surface area contributed by atoms with E-state index >= 15 is 0 Å². The first-order chi connectivity index (χ1) is 9.99. The van der Waals surface area contributed by atoms with Gasteiger partial charge in [0.1, 0.15) is 18.8 Å². The molecule has 1 saturated heterocycles. The number of allylic oxidation sites excluding steroid dienone is 1. The van der Waals surface area contributed by atoms with Crippen molar-refractivity contribution in [2.75, 3.05) is 13.2 Å². The van der Waals surface area contributed by atoms with Gasteiger partial charge in [-0.05, 0) is 12.5 Å². The molecule has 0 saturated carbocycles. The average Bonchev–Trinajstić information content (AvgIpc) is 2.41. The van der Waals surface area contributed by atoms with Crippen LogP contribution in [0.15, 0.2) is 17.3 Å². The van der Waals surface area contributed by atoms with Crippen molar-refractivity contribution in [3.05, 3.63) is 22.6 Å². The summed E-state index contributed by atoms with van der Waals surface area (Å²) in [6.45, 7) is 4.55. The summed E-state index contributed by atoms with van der Waals surface area (Å²) in [6, 6.07) is -0.617. The molecule has 0 spiro atoms. The lowest BCUT2D eigenvalue weighted by atomic mass is 9.88. The van der Waals surface area contributed by atoms with E-state index in [0.717, 1.165) is 0 Å². The monoisotopic (exact) mass is 297 g/mol. The molecule has 0 radical (unpaired) electrons. The Kier molecular flexibility index (Phi) is 6.71. The number of nitrogens with zero attached hydrogens (tertiary/aromatic N) is 3. The quantitative estimate of drug-likeness (QED) is 0.252. The first-order valence-corrected chi connectivity index (χ1v) is 6.58. The molecule has 0 aliphatic carbocycles. The van der Waals surface area contributed by atoms with Gasteiger partial charge < -0.3 is 14.2 Å². The van der Waals surface area contributed by atoms with Gasteiger partial charge in [-0.15, -0.1) is 0 Å². The molecule has 0 aromatic rings. The molecule has 0 N–H and O–H groups in total. The second kappa shape index (κ2) is 8.28. The lowest BCUT2D eigenvalue weighted by Crippen LogP contribution is -2.51. The van der Waals surface area contributed by atoms with Crippen LogP contribution >= 0.6 is 0 Å². The Hall–Kier alpha value is -2.05. The van der Waals surface area contributed by atoms with Crippen LogP contribution in [0.2, 0.25) is 0 Å². The van der Waals surface area contributed by atoms with Gasteiger partial charge in [-0.3, -0.25) is 9.59 Å². The maximum absolute atomic E-state index is 11.3. The molecular weight excluding hydrogens is 278 g/mol. The molecule has 1 fully saturated rings. The lowest BCUT2D eigenvalue weighted by Gasteiger charge is -2.39. The Morgan fingerprint density at radius 1 is 1.43 bits per heavy atom. The summed E-state index contributed by atoms with van der Waals surface area (Å²) < 4.78 is 15.8. The molecule has 8 heteroatoms. The van der Waals surface area contributed by atoms with Gasteiger partial charge in [0.15, 0.2) is 0 Å². The second-order valence-electron chi connectivity index (χ2n) is 4.62. The number of carbonyl (C=O) groups excluding carboxylic acids is 2. The first-order valence-electron chi connectivity index (χ1n) is 6.58. The minimum atomic E-state index is -0.649. The van der Waals surface area contributed by atoms with E-state index < -0.39 is 30.2 Å². The van der Waals surface area contributed by atoms with Crippen LogP contribution in [-0.2, 0) is 23.8 Å². The zero-order valence-electron chi connectivity index (χ0n) is 12.3. The minimum absolute atomic E-state index is 0.0467. The molecule has 1 heterocycles. The van der Waals surface area contributed by atoms with Crippen LogP contribution in [0.25, 0.3) is 10.4 Å². The Bertz CT molecular complexity index is 459. The SMILES string of the molecule is CC=C[C@@H]1C(COC(C)=O)OCC(N=[N+]=[N-])[C@@H]1OC(C)=O. The maximum atomic E-state index is 11.3. The fourth-order valence-electron chi connectivity index (χ4n) is 2.22. The third-order valence-corrected chi connectivity index (χ3v) is 3.04. The van der Waals surface area contributed by atoms with Crippen molar-refractivity contribution in [1.29, 1.82) is 0 Å². The number of carbonyl (C=O) groups is 2. The molecule has 0 aromatic carbocycles. The Balaban J connectivity index is 2.96. The van der Waals surface area contributed by atoms with Crippen molar-refractivity contribution in [3.63, 3.8) is 0 Å². The molecule has 1 rings (SSSR count). The largest absolute Gasteiger partial charge is 0.463 e. The average molecular weight is 297 g/mol. The Morgan fingerprint density at radius 3 is 2.67 bits per heavy atom. The molecule has 0 aromatic heterocycles. The molecule has 4 atom stereocenters. The van der Waals surface area contributed by atoms with Crippen molar-refractivity contribution >= 4 is 11.9 Å². The topological polar surface area (TPSA) is 111 Å². The van der Waals surface area contributed by atoms with Crippen LogP contribution < -0.4 is 0 Å². The van der Waals surface area contributed by atoms with E-state index in [1.54, 1.807) is 12.2 Å². The lowest BCUT2D eigenvalue weighted by molar-refractivity contribution is -0.170. The van der Waals surface area contributed by atoms with Crippen LogP contribution in [0.3, 0.4) is 0 Å². The third kappa shape index (κ3) is 5.09. The van der Waals surface area contributed by atoms with Gasteiger partial charge in [0.2, 0.25) is 0 Å². The summed E-state index contributed by atoms with van der Waals surface area (Å²) in [7, 11) is 0. The number of esters is 2. The van der Waals surface area contributed by atoms with Crippen molar-refractivity contribution in [2.24, 2.45) is 11.0 Å². The van der Waals surface area contributed by atoms with Crippen LogP contribution in [-0.4, -0.2) is 43.4 Å². The normalized spacial score (nSPS) is 28.7. The number of rotatable bonds is 5. The van der Waals surface area contributed by atoms with E-state index in [0.29, 0.717) is 0 Å². The zero-order chi connectivity index (χ0) is 15.8. The highest BCUT2D eigenvalue weighted by molar-refractivity contribution is 5.66. The van der Waals surface area contributed by atoms with Gasteiger partial charge in [-0.25, -0.2) is 0 Å². The molecule has 0 amide bonds. The maximum Gasteiger partial charge on any atom is 0.302 e. The van der Waals surface area contributed by atoms with Crippen LogP contribution in [0.5, 0.6) is 0 Å². The van der Waals surface area contributed by atoms with Gasteiger partial charge in [0, 0.05) is 24.7 Å². The third-order valence-electron chi connectivity index (χ3n) is 3.04. The molecule has 0 bridgehead atoms. The van der Waals surface area contributed by atoms with Crippen LogP contribution in [0, 0.1) is 5.92 Å². The van der Waals surface area contributed by atoms with E-state index in [9.17, 15) is 9.59 Å². The van der Waals surface area contributed by atoms with Gasteiger partial charge in [0.25, 0.3) is 0 Å². The van der Waals surface area contributed by atoms with E-state index in [4.69, 9.17) is 19.7 Å². The van der Waals surface area contributed by atoms with Gasteiger partial charge in [0.05, 0.1) is 12.6 Å². The summed E-state index contributed by atoms with van der Waals surface area (Å²) in [5, 5.41) is 3.62. The van der Waals surface area contributed by atoms with E-state index in [1.165, 1.54) is 13.8 Å². The van der Waals surface area contributed by atoms with Crippen molar-refractivity contribution < 1.29 is 23.8 Å². The second-order valence-corrected chi connectivity index (χ2v) is 4.62. The van der Waals surface area contributed by atoms with Gasteiger partial charge in [-0.1, -0.05) is 17.3 Å². The standard InChI is InChI=1S/C13H19N3O5/c1-4-5-10-12(7-19-8(2)17)20-6-11(15-16-14)13(10)21-9(3)18/h4-5,10-13H,6-7H2,1-3H3/t10-,11?,12?,13-/m1/s1. The smallest absolute Gasteiger partial charge is 0.302 e. The molecule has 116 valence electrons. The number of ether oxygens (including phenoxy) is 3.